The van der Waals surface area contributed by atoms with Gasteiger partial charge in [0.05, 0.1) is 18.5 Å². The summed E-state index contributed by atoms with van der Waals surface area (Å²) in [5.41, 5.74) is 1.01. The zero-order valence-electron chi connectivity index (χ0n) is 9.57. The summed E-state index contributed by atoms with van der Waals surface area (Å²) < 4.78 is 0. The number of aliphatic hydroxyl groups is 1. The van der Waals surface area contributed by atoms with Crippen LogP contribution < -0.4 is 10.2 Å². The standard InChI is InChI=1S/C11H19N3O/c1-9(2)13-11-5-4-10(8-12-11)14(3)6-7-15/h4-5,8-9,15H,6-7H2,1-3H3,(H,12,13). The van der Waals surface area contributed by atoms with Gasteiger partial charge in [0.25, 0.3) is 0 Å². The summed E-state index contributed by atoms with van der Waals surface area (Å²) >= 11 is 0. The molecule has 1 heterocycles. The Bertz CT molecular complexity index is 284. The molecule has 0 unspecified atom stereocenters. The van der Waals surface area contributed by atoms with Gasteiger partial charge < -0.3 is 15.3 Å². The average molecular weight is 209 g/mol. The molecule has 0 bridgehead atoms. The van der Waals surface area contributed by atoms with E-state index in [0.29, 0.717) is 12.6 Å². The van der Waals surface area contributed by atoms with Crippen LogP contribution in [0.2, 0.25) is 0 Å². The van der Waals surface area contributed by atoms with E-state index < -0.39 is 0 Å². The van der Waals surface area contributed by atoms with Crippen LogP contribution in [0.5, 0.6) is 0 Å². The van der Waals surface area contributed by atoms with E-state index in [-0.39, 0.29) is 6.61 Å². The molecule has 0 fully saturated rings. The third-order valence-corrected chi connectivity index (χ3v) is 2.06. The highest BCUT2D eigenvalue weighted by atomic mass is 16.3. The van der Waals surface area contributed by atoms with Crippen molar-refractivity contribution in [2.45, 2.75) is 19.9 Å². The topological polar surface area (TPSA) is 48.4 Å². The van der Waals surface area contributed by atoms with Gasteiger partial charge in [-0.2, -0.15) is 0 Å². The van der Waals surface area contributed by atoms with Crippen molar-refractivity contribution in [3.8, 4) is 0 Å². The van der Waals surface area contributed by atoms with Gasteiger partial charge in [-0.15, -0.1) is 0 Å². The van der Waals surface area contributed by atoms with E-state index >= 15 is 0 Å². The molecule has 1 aromatic rings. The first kappa shape index (κ1) is 11.8. The van der Waals surface area contributed by atoms with E-state index in [1.807, 2.05) is 24.1 Å². The van der Waals surface area contributed by atoms with E-state index in [4.69, 9.17) is 5.11 Å². The molecule has 0 atom stereocenters. The molecule has 1 rings (SSSR count). The van der Waals surface area contributed by atoms with Gasteiger partial charge in [-0.05, 0) is 26.0 Å². The fourth-order valence-corrected chi connectivity index (χ4v) is 1.27. The van der Waals surface area contributed by atoms with Gasteiger partial charge in [-0.25, -0.2) is 4.98 Å². The molecule has 84 valence electrons. The molecule has 0 amide bonds. The Hall–Kier alpha value is -1.29. The lowest BCUT2D eigenvalue weighted by Crippen LogP contribution is -2.21. The van der Waals surface area contributed by atoms with Crippen LogP contribution in [-0.4, -0.2) is 36.3 Å². The second kappa shape index (κ2) is 5.56. The van der Waals surface area contributed by atoms with Crippen molar-refractivity contribution in [1.29, 1.82) is 0 Å². The van der Waals surface area contributed by atoms with Gasteiger partial charge in [-0.1, -0.05) is 0 Å². The second-order valence-electron chi connectivity index (χ2n) is 3.85. The summed E-state index contributed by atoms with van der Waals surface area (Å²) in [6, 6.07) is 4.33. The van der Waals surface area contributed by atoms with Gasteiger partial charge in [-0.3, -0.25) is 0 Å². The Morgan fingerprint density at radius 2 is 2.20 bits per heavy atom. The van der Waals surface area contributed by atoms with E-state index in [0.717, 1.165) is 11.5 Å². The monoisotopic (exact) mass is 209 g/mol. The maximum atomic E-state index is 8.80. The lowest BCUT2D eigenvalue weighted by molar-refractivity contribution is 0.304. The van der Waals surface area contributed by atoms with Crippen LogP contribution in [0.3, 0.4) is 0 Å². The molecule has 0 aromatic carbocycles. The third-order valence-electron chi connectivity index (χ3n) is 2.06. The van der Waals surface area contributed by atoms with E-state index in [2.05, 4.69) is 24.1 Å². The molecular formula is C11H19N3O. The molecule has 4 nitrogen and oxygen atoms in total. The molecule has 2 N–H and O–H groups in total. The highest BCUT2D eigenvalue weighted by molar-refractivity contribution is 5.49. The summed E-state index contributed by atoms with van der Waals surface area (Å²) in [7, 11) is 1.93. The summed E-state index contributed by atoms with van der Waals surface area (Å²) in [5.74, 6) is 0.881. The minimum Gasteiger partial charge on any atom is -0.395 e. The minimum atomic E-state index is 0.155. The molecular weight excluding hydrogens is 190 g/mol. The highest BCUT2D eigenvalue weighted by Crippen LogP contribution is 2.13. The number of pyridine rings is 1. The van der Waals surface area contributed by atoms with Crippen LogP contribution >= 0.6 is 0 Å². The van der Waals surface area contributed by atoms with Crippen molar-refractivity contribution in [3.05, 3.63) is 18.3 Å². The van der Waals surface area contributed by atoms with Gasteiger partial charge in [0.2, 0.25) is 0 Å². The van der Waals surface area contributed by atoms with E-state index in [1.54, 1.807) is 6.20 Å². The highest BCUT2D eigenvalue weighted by Gasteiger charge is 2.01. The van der Waals surface area contributed by atoms with Crippen LogP contribution in [0.4, 0.5) is 11.5 Å². The van der Waals surface area contributed by atoms with Crippen LogP contribution in [0.15, 0.2) is 18.3 Å². The molecule has 0 spiro atoms. The first-order valence-corrected chi connectivity index (χ1v) is 5.18. The number of aromatic nitrogens is 1. The number of nitrogens with one attached hydrogen (secondary N) is 1. The van der Waals surface area contributed by atoms with Crippen molar-refractivity contribution in [3.63, 3.8) is 0 Å². The van der Waals surface area contributed by atoms with Gasteiger partial charge in [0, 0.05) is 19.6 Å². The maximum Gasteiger partial charge on any atom is 0.126 e. The number of anilines is 2. The number of rotatable bonds is 5. The van der Waals surface area contributed by atoms with Crippen LogP contribution in [0, 0.1) is 0 Å². The number of hydrogen-bond donors (Lipinski definition) is 2. The lowest BCUT2D eigenvalue weighted by atomic mass is 10.3. The first-order valence-electron chi connectivity index (χ1n) is 5.18. The summed E-state index contributed by atoms with van der Waals surface area (Å²) in [6.45, 7) is 4.93. The van der Waals surface area contributed by atoms with Crippen LogP contribution in [0.25, 0.3) is 0 Å². The molecule has 4 heteroatoms. The lowest BCUT2D eigenvalue weighted by Gasteiger charge is -2.18. The zero-order chi connectivity index (χ0) is 11.3. The fraction of sp³-hybridized carbons (Fsp3) is 0.545. The Kier molecular flexibility index (Phi) is 4.37. The summed E-state index contributed by atoms with van der Waals surface area (Å²) in [5, 5.41) is 12.0. The third kappa shape index (κ3) is 3.75. The predicted molar refractivity (Wildman–Crippen MR) is 63.4 cm³/mol. The fourth-order valence-electron chi connectivity index (χ4n) is 1.27. The second-order valence-corrected chi connectivity index (χ2v) is 3.85. The largest absolute Gasteiger partial charge is 0.395 e. The molecule has 1 aromatic heterocycles. The number of likely N-dealkylation sites (N-methyl/N-ethyl adjacent to an activating group) is 1. The van der Waals surface area contributed by atoms with Gasteiger partial charge in [0.15, 0.2) is 0 Å². The van der Waals surface area contributed by atoms with Crippen molar-refractivity contribution in [2.24, 2.45) is 0 Å². The maximum absolute atomic E-state index is 8.80. The SMILES string of the molecule is CC(C)Nc1ccc(N(C)CCO)cn1. The quantitative estimate of drug-likeness (QED) is 0.768. The smallest absolute Gasteiger partial charge is 0.126 e. The average Bonchev–Trinajstić information content (AvgIpc) is 2.18. The first-order chi connectivity index (χ1) is 7.13. The summed E-state index contributed by atoms with van der Waals surface area (Å²) in [6.07, 6.45) is 1.81. The van der Waals surface area contributed by atoms with Crippen LogP contribution in [0.1, 0.15) is 13.8 Å². The molecule has 0 aliphatic heterocycles. The number of aliphatic hydroxyl groups excluding tert-OH is 1. The van der Waals surface area contributed by atoms with Crippen molar-refractivity contribution >= 4 is 11.5 Å². The molecule has 0 radical (unpaired) electrons. The summed E-state index contributed by atoms with van der Waals surface area (Å²) in [4.78, 5) is 6.25. The van der Waals surface area contributed by atoms with Gasteiger partial charge in [0.1, 0.15) is 5.82 Å². The Labute approximate surface area is 90.9 Å². The Balaban J connectivity index is 2.63. The number of hydrogen-bond acceptors (Lipinski definition) is 4. The van der Waals surface area contributed by atoms with Crippen molar-refractivity contribution < 1.29 is 5.11 Å². The molecule has 0 aliphatic carbocycles. The molecule has 0 saturated heterocycles. The molecule has 15 heavy (non-hydrogen) atoms. The van der Waals surface area contributed by atoms with Crippen LogP contribution in [-0.2, 0) is 0 Å². The van der Waals surface area contributed by atoms with Gasteiger partial charge >= 0.3 is 0 Å². The van der Waals surface area contributed by atoms with E-state index in [9.17, 15) is 0 Å². The van der Waals surface area contributed by atoms with Crippen molar-refractivity contribution in [2.75, 3.05) is 30.4 Å². The molecule has 0 aliphatic rings. The normalized spacial score (nSPS) is 10.5. The Morgan fingerprint density at radius 1 is 1.47 bits per heavy atom. The predicted octanol–water partition coefficient (Wildman–Crippen LogP) is 1.33. The molecule has 0 saturated carbocycles. The Morgan fingerprint density at radius 3 is 2.67 bits per heavy atom. The zero-order valence-corrected chi connectivity index (χ0v) is 9.57. The number of nitrogens with zero attached hydrogens (tertiary/aromatic N) is 2. The van der Waals surface area contributed by atoms with Crippen molar-refractivity contribution in [1.82, 2.24) is 4.98 Å². The minimum absolute atomic E-state index is 0.155. The van der Waals surface area contributed by atoms with E-state index in [1.165, 1.54) is 0 Å².